The first-order chi connectivity index (χ1) is 11.2. The SMILES string of the molecule is COc1ccc(F)cc1[C@@H](C)NS(=O)(=O)c1ccc(C(N)=O)cc1. The smallest absolute Gasteiger partial charge is 0.248 e. The van der Waals surface area contributed by atoms with Gasteiger partial charge in [0.2, 0.25) is 15.9 Å². The maximum atomic E-state index is 13.4. The van der Waals surface area contributed by atoms with Gasteiger partial charge in [-0.2, -0.15) is 0 Å². The molecule has 2 aromatic rings. The van der Waals surface area contributed by atoms with Gasteiger partial charge in [0.25, 0.3) is 0 Å². The van der Waals surface area contributed by atoms with Gasteiger partial charge in [0.15, 0.2) is 0 Å². The largest absolute Gasteiger partial charge is 0.496 e. The van der Waals surface area contributed by atoms with E-state index in [0.29, 0.717) is 11.3 Å². The highest BCUT2D eigenvalue weighted by molar-refractivity contribution is 7.89. The highest BCUT2D eigenvalue weighted by atomic mass is 32.2. The lowest BCUT2D eigenvalue weighted by molar-refractivity contribution is 0.1000. The predicted octanol–water partition coefficient (Wildman–Crippen LogP) is 1.97. The number of methoxy groups -OCH3 is 1. The molecule has 0 aliphatic heterocycles. The molecule has 24 heavy (non-hydrogen) atoms. The van der Waals surface area contributed by atoms with Crippen molar-refractivity contribution in [2.45, 2.75) is 17.9 Å². The third-order valence-electron chi connectivity index (χ3n) is 3.44. The summed E-state index contributed by atoms with van der Waals surface area (Å²) < 4.78 is 45.9. The van der Waals surface area contributed by atoms with Gasteiger partial charge in [0, 0.05) is 17.2 Å². The molecule has 1 amide bonds. The average molecular weight is 352 g/mol. The number of hydrogen-bond donors (Lipinski definition) is 2. The summed E-state index contributed by atoms with van der Waals surface area (Å²) in [6.07, 6.45) is 0. The maximum Gasteiger partial charge on any atom is 0.248 e. The van der Waals surface area contributed by atoms with Gasteiger partial charge in [-0.05, 0) is 49.4 Å². The van der Waals surface area contributed by atoms with Crippen molar-refractivity contribution in [1.29, 1.82) is 0 Å². The number of hydrogen-bond acceptors (Lipinski definition) is 4. The van der Waals surface area contributed by atoms with Crippen molar-refractivity contribution in [2.75, 3.05) is 7.11 Å². The van der Waals surface area contributed by atoms with Crippen LogP contribution in [0.2, 0.25) is 0 Å². The van der Waals surface area contributed by atoms with Crippen molar-refractivity contribution in [3.63, 3.8) is 0 Å². The zero-order chi connectivity index (χ0) is 17.9. The molecule has 8 heteroatoms. The first-order valence-electron chi connectivity index (χ1n) is 7.00. The molecule has 0 aromatic heterocycles. The second kappa shape index (κ2) is 6.98. The summed E-state index contributed by atoms with van der Waals surface area (Å²) >= 11 is 0. The average Bonchev–Trinajstić information content (AvgIpc) is 2.54. The van der Waals surface area contributed by atoms with Crippen LogP contribution in [0.3, 0.4) is 0 Å². The van der Waals surface area contributed by atoms with E-state index in [1.807, 2.05) is 0 Å². The second-order valence-electron chi connectivity index (χ2n) is 5.12. The van der Waals surface area contributed by atoms with Gasteiger partial charge in [-0.15, -0.1) is 0 Å². The topological polar surface area (TPSA) is 98.5 Å². The monoisotopic (exact) mass is 352 g/mol. The molecular weight excluding hydrogens is 335 g/mol. The summed E-state index contributed by atoms with van der Waals surface area (Å²) in [6, 6.07) is 8.34. The number of sulfonamides is 1. The molecule has 0 unspecified atom stereocenters. The van der Waals surface area contributed by atoms with Gasteiger partial charge in [0.05, 0.1) is 12.0 Å². The lowest BCUT2D eigenvalue weighted by Gasteiger charge is -2.17. The number of amides is 1. The number of nitrogens with two attached hydrogens (primary N) is 1. The Morgan fingerprint density at radius 2 is 1.83 bits per heavy atom. The molecule has 0 saturated carbocycles. The summed E-state index contributed by atoms with van der Waals surface area (Å²) in [5.74, 6) is -0.775. The molecule has 0 spiro atoms. The number of primary amides is 1. The predicted molar refractivity (Wildman–Crippen MR) is 86.6 cm³/mol. The lowest BCUT2D eigenvalue weighted by Crippen LogP contribution is -2.27. The van der Waals surface area contributed by atoms with E-state index < -0.39 is 27.8 Å². The molecule has 0 radical (unpaired) electrons. The first-order valence-corrected chi connectivity index (χ1v) is 8.48. The molecule has 0 aliphatic carbocycles. The summed E-state index contributed by atoms with van der Waals surface area (Å²) in [6.45, 7) is 1.58. The normalized spacial score (nSPS) is 12.6. The molecule has 128 valence electrons. The minimum absolute atomic E-state index is 0.0327. The Morgan fingerprint density at radius 3 is 2.38 bits per heavy atom. The van der Waals surface area contributed by atoms with Crippen LogP contribution in [-0.4, -0.2) is 21.4 Å². The number of rotatable bonds is 6. The van der Waals surface area contributed by atoms with Gasteiger partial charge >= 0.3 is 0 Å². The molecular formula is C16H17FN2O4S. The number of halogens is 1. The molecule has 2 rings (SSSR count). The first kappa shape index (κ1) is 17.9. The van der Waals surface area contributed by atoms with Crippen LogP contribution in [-0.2, 0) is 10.0 Å². The zero-order valence-corrected chi connectivity index (χ0v) is 13.9. The molecule has 3 N–H and O–H groups in total. The fourth-order valence-electron chi connectivity index (χ4n) is 2.21. The van der Waals surface area contributed by atoms with Crippen LogP contribution < -0.4 is 15.2 Å². The van der Waals surface area contributed by atoms with E-state index in [-0.39, 0.29) is 10.5 Å². The molecule has 0 fully saturated rings. The van der Waals surface area contributed by atoms with Crippen molar-refractivity contribution in [1.82, 2.24) is 4.72 Å². The highest BCUT2D eigenvalue weighted by Crippen LogP contribution is 2.27. The molecule has 0 heterocycles. The van der Waals surface area contributed by atoms with Crippen LogP contribution >= 0.6 is 0 Å². The van der Waals surface area contributed by atoms with Crippen LogP contribution in [0.4, 0.5) is 4.39 Å². The van der Waals surface area contributed by atoms with Crippen molar-refractivity contribution < 1.29 is 22.3 Å². The maximum absolute atomic E-state index is 13.4. The Kier molecular flexibility index (Phi) is 5.20. The number of carbonyl (C=O) groups excluding carboxylic acids is 1. The van der Waals surface area contributed by atoms with E-state index in [1.54, 1.807) is 6.92 Å². The molecule has 6 nitrogen and oxygen atoms in total. The van der Waals surface area contributed by atoms with E-state index >= 15 is 0 Å². The summed E-state index contributed by atoms with van der Waals surface area (Å²) in [4.78, 5) is 11.0. The Morgan fingerprint density at radius 1 is 1.21 bits per heavy atom. The van der Waals surface area contributed by atoms with Crippen molar-refractivity contribution in [3.8, 4) is 5.75 Å². The van der Waals surface area contributed by atoms with Gasteiger partial charge in [-0.25, -0.2) is 17.5 Å². The van der Waals surface area contributed by atoms with Crippen LogP contribution in [0, 0.1) is 5.82 Å². The highest BCUT2D eigenvalue weighted by Gasteiger charge is 2.21. The van der Waals surface area contributed by atoms with Crippen molar-refractivity contribution >= 4 is 15.9 Å². The van der Waals surface area contributed by atoms with Crippen LogP contribution in [0.1, 0.15) is 28.9 Å². The van der Waals surface area contributed by atoms with E-state index in [9.17, 15) is 17.6 Å². The molecule has 0 aliphatic rings. The summed E-state index contributed by atoms with van der Waals surface area (Å²) in [7, 11) is -2.45. The van der Waals surface area contributed by atoms with Crippen LogP contribution in [0.15, 0.2) is 47.4 Å². The quantitative estimate of drug-likeness (QED) is 0.830. The second-order valence-corrected chi connectivity index (χ2v) is 6.83. The Labute approximate surface area is 139 Å². The Balaban J connectivity index is 2.28. The van der Waals surface area contributed by atoms with E-state index in [1.165, 1.54) is 49.6 Å². The van der Waals surface area contributed by atoms with Gasteiger partial charge in [0.1, 0.15) is 11.6 Å². The van der Waals surface area contributed by atoms with Crippen molar-refractivity contribution in [3.05, 3.63) is 59.4 Å². The minimum atomic E-state index is -3.87. The molecule has 0 saturated heterocycles. The van der Waals surface area contributed by atoms with Crippen LogP contribution in [0.5, 0.6) is 5.75 Å². The number of benzene rings is 2. The number of ether oxygens (including phenoxy) is 1. The number of nitrogens with one attached hydrogen (secondary N) is 1. The third kappa shape index (κ3) is 3.90. The lowest BCUT2D eigenvalue weighted by atomic mass is 10.1. The Hall–Kier alpha value is -2.45. The third-order valence-corrected chi connectivity index (χ3v) is 5.00. The van der Waals surface area contributed by atoms with E-state index in [0.717, 1.165) is 0 Å². The molecule has 0 bridgehead atoms. The minimum Gasteiger partial charge on any atom is -0.496 e. The fourth-order valence-corrected chi connectivity index (χ4v) is 3.43. The summed E-state index contributed by atoms with van der Waals surface area (Å²) in [5, 5.41) is 0. The van der Waals surface area contributed by atoms with E-state index in [4.69, 9.17) is 10.5 Å². The zero-order valence-electron chi connectivity index (χ0n) is 13.1. The van der Waals surface area contributed by atoms with Gasteiger partial charge < -0.3 is 10.5 Å². The van der Waals surface area contributed by atoms with Crippen LogP contribution in [0.25, 0.3) is 0 Å². The Bertz CT molecular complexity index is 851. The fraction of sp³-hybridized carbons (Fsp3) is 0.188. The number of carbonyl (C=O) groups is 1. The van der Waals surface area contributed by atoms with Crippen molar-refractivity contribution in [2.24, 2.45) is 5.73 Å². The molecule has 2 aromatic carbocycles. The van der Waals surface area contributed by atoms with Gasteiger partial charge in [-0.3, -0.25) is 4.79 Å². The summed E-state index contributed by atoms with van der Waals surface area (Å²) in [5.41, 5.74) is 5.70. The van der Waals surface area contributed by atoms with E-state index in [2.05, 4.69) is 4.72 Å². The van der Waals surface area contributed by atoms with Gasteiger partial charge in [-0.1, -0.05) is 0 Å². The molecule has 1 atom stereocenters. The standard InChI is InChI=1S/C16H17FN2O4S/c1-10(14-9-12(17)5-8-15(14)23-2)19-24(21,22)13-6-3-11(4-7-13)16(18)20/h3-10,19H,1-2H3,(H2,18,20)/t10-/m1/s1.